The van der Waals surface area contributed by atoms with Crippen molar-refractivity contribution < 1.29 is 18.8 Å². The van der Waals surface area contributed by atoms with Crippen LogP contribution in [0, 0.1) is 11.7 Å². The number of hydrazine groups is 1. The molecule has 2 N–H and O–H groups in total. The van der Waals surface area contributed by atoms with E-state index in [2.05, 4.69) is 26.8 Å². The standard InChI is InChI=1S/C18H17BrFN3O3S/c19-15-6-5-14(27-15)17(25)22-21-16(24)11-7-9-23(10-8-11)18(26)12-1-3-13(20)4-2-12/h1-6,11H,7-10H2,(H,21,24)(H,22,25). The van der Waals surface area contributed by atoms with Crippen LogP contribution in [0.4, 0.5) is 4.39 Å². The third-order valence-electron chi connectivity index (χ3n) is 4.34. The molecule has 1 aliphatic heterocycles. The van der Waals surface area contributed by atoms with Gasteiger partial charge in [0, 0.05) is 24.6 Å². The number of nitrogens with one attached hydrogen (secondary N) is 2. The number of carbonyl (C=O) groups is 3. The zero-order chi connectivity index (χ0) is 19.4. The molecule has 0 atom stereocenters. The molecule has 6 nitrogen and oxygen atoms in total. The molecular weight excluding hydrogens is 437 g/mol. The molecule has 0 spiro atoms. The van der Waals surface area contributed by atoms with Crippen LogP contribution in [0.3, 0.4) is 0 Å². The number of amides is 3. The zero-order valence-electron chi connectivity index (χ0n) is 14.2. The fourth-order valence-electron chi connectivity index (χ4n) is 2.84. The minimum atomic E-state index is -0.390. The van der Waals surface area contributed by atoms with E-state index in [9.17, 15) is 18.8 Å². The first-order valence-corrected chi connectivity index (χ1v) is 9.95. The lowest BCUT2D eigenvalue weighted by atomic mass is 9.95. The summed E-state index contributed by atoms with van der Waals surface area (Å²) in [5, 5.41) is 0. The van der Waals surface area contributed by atoms with Gasteiger partial charge in [-0.15, -0.1) is 11.3 Å². The van der Waals surface area contributed by atoms with Crippen LogP contribution >= 0.6 is 27.3 Å². The summed E-state index contributed by atoms with van der Waals surface area (Å²) in [4.78, 5) is 38.7. The van der Waals surface area contributed by atoms with Gasteiger partial charge in [-0.1, -0.05) is 0 Å². The SMILES string of the molecule is O=C(NNC(=O)C1CCN(C(=O)c2ccc(F)cc2)CC1)c1ccc(Br)s1. The number of halogens is 2. The molecule has 1 saturated heterocycles. The Kier molecular flexibility index (Phi) is 6.22. The summed E-state index contributed by atoms with van der Waals surface area (Å²) in [6.45, 7) is 0.861. The minimum Gasteiger partial charge on any atom is -0.339 e. The predicted octanol–water partition coefficient (Wildman–Crippen LogP) is 2.96. The molecule has 0 bridgehead atoms. The largest absolute Gasteiger partial charge is 0.339 e. The predicted molar refractivity (Wildman–Crippen MR) is 103 cm³/mol. The molecule has 1 aliphatic rings. The van der Waals surface area contributed by atoms with E-state index in [1.54, 1.807) is 17.0 Å². The average Bonchev–Trinajstić information content (AvgIpc) is 3.12. The normalized spacial score (nSPS) is 14.7. The second-order valence-corrected chi connectivity index (χ2v) is 8.58. The Morgan fingerprint density at radius 2 is 1.70 bits per heavy atom. The van der Waals surface area contributed by atoms with Gasteiger partial charge in [-0.2, -0.15) is 0 Å². The maximum absolute atomic E-state index is 13.0. The van der Waals surface area contributed by atoms with Crippen molar-refractivity contribution in [2.75, 3.05) is 13.1 Å². The number of nitrogens with zero attached hydrogens (tertiary/aromatic N) is 1. The lowest BCUT2D eigenvalue weighted by Gasteiger charge is -2.31. The van der Waals surface area contributed by atoms with Crippen molar-refractivity contribution in [2.24, 2.45) is 5.92 Å². The molecule has 0 radical (unpaired) electrons. The van der Waals surface area contributed by atoms with Gasteiger partial charge < -0.3 is 4.90 Å². The number of benzene rings is 1. The first-order chi connectivity index (χ1) is 12.9. The van der Waals surface area contributed by atoms with E-state index in [-0.39, 0.29) is 29.5 Å². The van der Waals surface area contributed by atoms with E-state index >= 15 is 0 Å². The molecule has 27 heavy (non-hydrogen) atoms. The Morgan fingerprint density at radius 3 is 2.30 bits per heavy atom. The Balaban J connectivity index is 1.47. The van der Waals surface area contributed by atoms with Gasteiger partial charge >= 0.3 is 0 Å². The number of carbonyl (C=O) groups excluding carboxylic acids is 3. The van der Waals surface area contributed by atoms with E-state index in [4.69, 9.17) is 0 Å². The summed E-state index contributed by atoms with van der Waals surface area (Å²) in [5.74, 6) is -1.49. The van der Waals surface area contributed by atoms with Crippen molar-refractivity contribution >= 4 is 45.0 Å². The average molecular weight is 454 g/mol. The third-order valence-corrected chi connectivity index (χ3v) is 5.96. The summed E-state index contributed by atoms with van der Waals surface area (Å²) in [7, 11) is 0. The molecular formula is C18H17BrFN3O3S. The number of thiophene rings is 1. The molecule has 1 fully saturated rings. The van der Waals surface area contributed by atoms with Crippen molar-refractivity contribution in [2.45, 2.75) is 12.8 Å². The molecule has 3 rings (SSSR count). The van der Waals surface area contributed by atoms with Crippen LogP contribution in [0.5, 0.6) is 0 Å². The third kappa shape index (κ3) is 4.92. The quantitative estimate of drug-likeness (QED) is 0.701. The first kappa shape index (κ1) is 19.5. The number of hydrogen-bond donors (Lipinski definition) is 2. The summed E-state index contributed by atoms with van der Waals surface area (Å²) >= 11 is 4.55. The van der Waals surface area contributed by atoms with Crippen LogP contribution in [-0.4, -0.2) is 35.7 Å². The van der Waals surface area contributed by atoms with Crippen molar-refractivity contribution in [1.29, 1.82) is 0 Å². The fraction of sp³-hybridized carbons (Fsp3) is 0.278. The summed E-state index contributed by atoms with van der Waals surface area (Å²) in [5.41, 5.74) is 5.28. The van der Waals surface area contributed by atoms with Gasteiger partial charge in [-0.25, -0.2) is 4.39 Å². The lowest BCUT2D eigenvalue weighted by molar-refractivity contribution is -0.127. The minimum absolute atomic E-state index is 0.176. The van der Waals surface area contributed by atoms with E-state index in [1.807, 2.05) is 0 Å². The molecule has 1 aromatic heterocycles. The van der Waals surface area contributed by atoms with E-state index in [0.29, 0.717) is 36.4 Å². The molecule has 142 valence electrons. The second kappa shape index (κ2) is 8.62. The van der Waals surface area contributed by atoms with Gasteiger partial charge in [0.2, 0.25) is 5.91 Å². The highest BCUT2D eigenvalue weighted by Crippen LogP contribution is 2.22. The van der Waals surface area contributed by atoms with Crippen LogP contribution in [-0.2, 0) is 4.79 Å². The summed E-state index contributed by atoms with van der Waals surface area (Å²) in [6.07, 6.45) is 0.998. The van der Waals surface area contributed by atoms with E-state index in [1.165, 1.54) is 35.6 Å². The lowest BCUT2D eigenvalue weighted by Crippen LogP contribution is -2.48. The number of hydrogen-bond acceptors (Lipinski definition) is 4. The van der Waals surface area contributed by atoms with Gasteiger partial charge in [0.05, 0.1) is 8.66 Å². The number of piperidine rings is 1. The highest BCUT2D eigenvalue weighted by Gasteiger charge is 2.28. The molecule has 0 aliphatic carbocycles. The molecule has 1 aromatic carbocycles. The van der Waals surface area contributed by atoms with Crippen LogP contribution in [0.1, 0.15) is 32.9 Å². The van der Waals surface area contributed by atoms with Crippen molar-refractivity contribution in [3.05, 3.63) is 56.4 Å². The highest BCUT2D eigenvalue weighted by molar-refractivity contribution is 9.11. The number of rotatable bonds is 3. The maximum atomic E-state index is 13.0. The van der Waals surface area contributed by atoms with Gasteiger partial charge in [-0.3, -0.25) is 25.2 Å². The Labute approximate surface area is 167 Å². The highest BCUT2D eigenvalue weighted by atomic mass is 79.9. The van der Waals surface area contributed by atoms with Gasteiger partial charge in [0.25, 0.3) is 11.8 Å². The van der Waals surface area contributed by atoms with Crippen molar-refractivity contribution in [3.8, 4) is 0 Å². The van der Waals surface area contributed by atoms with Crippen LogP contribution in [0.2, 0.25) is 0 Å². The zero-order valence-corrected chi connectivity index (χ0v) is 16.6. The fourth-order valence-corrected chi connectivity index (χ4v) is 4.12. The summed E-state index contributed by atoms with van der Waals surface area (Å²) < 4.78 is 13.8. The van der Waals surface area contributed by atoms with Crippen LogP contribution in [0.15, 0.2) is 40.2 Å². The van der Waals surface area contributed by atoms with Gasteiger partial charge in [0.15, 0.2) is 0 Å². The Hall–Kier alpha value is -2.26. The first-order valence-electron chi connectivity index (χ1n) is 8.34. The molecule has 3 amide bonds. The van der Waals surface area contributed by atoms with E-state index < -0.39 is 0 Å². The summed E-state index contributed by atoms with van der Waals surface area (Å²) in [6, 6.07) is 8.83. The molecule has 0 saturated carbocycles. The second-order valence-electron chi connectivity index (χ2n) is 6.12. The van der Waals surface area contributed by atoms with Crippen molar-refractivity contribution in [1.82, 2.24) is 15.8 Å². The topological polar surface area (TPSA) is 78.5 Å². The Morgan fingerprint density at radius 1 is 1.04 bits per heavy atom. The molecule has 2 heterocycles. The number of likely N-dealkylation sites (tertiary alicyclic amines) is 1. The molecule has 9 heteroatoms. The maximum Gasteiger partial charge on any atom is 0.279 e. The molecule has 2 aromatic rings. The van der Waals surface area contributed by atoms with Gasteiger partial charge in [0.1, 0.15) is 5.82 Å². The Bertz CT molecular complexity index is 848. The van der Waals surface area contributed by atoms with Crippen molar-refractivity contribution in [3.63, 3.8) is 0 Å². The van der Waals surface area contributed by atoms with E-state index in [0.717, 1.165) is 3.79 Å². The van der Waals surface area contributed by atoms with Gasteiger partial charge in [-0.05, 0) is 65.2 Å². The monoisotopic (exact) mass is 453 g/mol. The van der Waals surface area contributed by atoms with Crippen LogP contribution < -0.4 is 10.9 Å². The molecule has 0 unspecified atom stereocenters. The van der Waals surface area contributed by atoms with Crippen LogP contribution in [0.25, 0.3) is 0 Å². The smallest absolute Gasteiger partial charge is 0.279 e.